The number of hydrogen-bond acceptors (Lipinski definition) is 3. The second-order valence-electron chi connectivity index (χ2n) is 7.96. The Labute approximate surface area is 125 Å². The Kier molecular flexibility index (Phi) is 2.36. The van der Waals surface area contributed by atoms with Crippen LogP contribution in [0.25, 0.3) is 11.2 Å². The number of aromatic nitrogens is 3. The first-order valence-corrected chi connectivity index (χ1v) is 7.93. The molecule has 2 fully saturated rings. The van der Waals surface area contributed by atoms with Crippen LogP contribution in [-0.2, 0) is 0 Å². The maximum Gasteiger partial charge on any atom is 0.202 e. The zero-order valence-corrected chi connectivity index (χ0v) is 13.3. The van der Waals surface area contributed by atoms with Gasteiger partial charge in [-0.25, -0.2) is 9.97 Å². The van der Waals surface area contributed by atoms with Gasteiger partial charge in [-0.2, -0.15) is 0 Å². The highest BCUT2D eigenvalue weighted by Crippen LogP contribution is 2.68. The van der Waals surface area contributed by atoms with Gasteiger partial charge in [0, 0.05) is 12.2 Å². The van der Waals surface area contributed by atoms with E-state index in [1.165, 1.54) is 19.3 Å². The van der Waals surface area contributed by atoms with Crippen LogP contribution in [0, 0.1) is 23.7 Å². The first kappa shape index (κ1) is 13.1. The average molecular weight is 284 g/mol. The van der Waals surface area contributed by atoms with E-state index < -0.39 is 0 Å². The largest absolute Gasteiger partial charge is 0.369 e. The maximum atomic E-state index is 6.33. The lowest BCUT2D eigenvalue weighted by Crippen LogP contribution is -2.37. The van der Waals surface area contributed by atoms with Crippen molar-refractivity contribution in [2.75, 3.05) is 5.73 Å². The van der Waals surface area contributed by atoms with Crippen LogP contribution in [0.15, 0.2) is 12.3 Å². The third-order valence-corrected chi connectivity index (χ3v) is 6.26. The normalized spacial score (nSPS) is 33.9. The third-order valence-electron chi connectivity index (χ3n) is 6.26. The molecule has 3 unspecified atom stereocenters. The monoisotopic (exact) mass is 284 g/mol. The predicted octanol–water partition coefficient (Wildman–Crippen LogP) is 3.71. The fourth-order valence-electron chi connectivity index (χ4n) is 5.30. The molecule has 0 aromatic carbocycles. The van der Waals surface area contributed by atoms with Gasteiger partial charge < -0.3 is 5.73 Å². The Balaban J connectivity index is 1.99. The number of nitrogens with zero attached hydrogens (tertiary/aromatic N) is 3. The van der Waals surface area contributed by atoms with E-state index in [9.17, 15) is 0 Å². The first-order valence-electron chi connectivity index (χ1n) is 7.93. The van der Waals surface area contributed by atoms with Crippen LogP contribution in [-0.4, -0.2) is 14.5 Å². The Morgan fingerprint density at radius 2 is 2.10 bits per heavy atom. The lowest BCUT2D eigenvalue weighted by molar-refractivity contribution is 0.0878. The lowest BCUT2D eigenvalue weighted by atomic mass is 9.68. The Morgan fingerprint density at radius 1 is 1.33 bits per heavy atom. The number of nitrogens with two attached hydrogens (primary N) is 1. The van der Waals surface area contributed by atoms with Crippen LogP contribution in [0.1, 0.15) is 51.6 Å². The SMILES string of the molecule is Cc1ccnc2c1nc(N)n2C1C2(C)CCC(C2)C1(C)C. The second-order valence-corrected chi connectivity index (χ2v) is 7.96. The first-order chi connectivity index (χ1) is 9.84. The lowest BCUT2D eigenvalue weighted by Gasteiger charge is -2.43. The molecule has 2 aromatic heterocycles. The van der Waals surface area contributed by atoms with Gasteiger partial charge >= 0.3 is 0 Å². The molecule has 0 saturated heterocycles. The van der Waals surface area contributed by atoms with Crippen molar-refractivity contribution < 1.29 is 0 Å². The third kappa shape index (κ3) is 1.51. The predicted molar refractivity (Wildman–Crippen MR) is 84.9 cm³/mol. The summed E-state index contributed by atoms with van der Waals surface area (Å²) in [4.78, 5) is 9.22. The van der Waals surface area contributed by atoms with E-state index in [-0.39, 0.29) is 5.41 Å². The Bertz CT molecular complexity index is 725. The zero-order chi connectivity index (χ0) is 15.0. The number of nitrogen functional groups attached to an aromatic ring is 1. The van der Waals surface area contributed by atoms with Crippen molar-refractivity contribution >= 4 is 17.1 Å². The molecule has 2 heterocycles. The van der Waals surface area contributed by atoms with Gasteiger partial charge in [0.25, 0.3) is 0 Å². The molecule has 4 rings (SSSR count). The summed E-state index contributed by atoms with van der Waals surface area (Å²) in [7, 11) is 0. The van der Waals surface area contributed by atoms with Crippen LogP contribution in [0.2, 0.25) is 0 Å². The van der Waals surface area contributed by atoms with Crippen molar-refractivity contribution in [3.05, 3.63) is 17.8 Å². The Morgan fingerprint density at radius 3 is 2.76 bits per heavy atom. The van der Waals surface area contributed by atoms with E-state index >= 15 is 0 Å². The molecule has 2 aliphatic carbocycles. The van der Waals surface area contributed by atoms with Crippen molar-refractivity contribution in [2.45, 2.75) is 53.0 Å². The number of rotatable bonds is 1. The highest BCUT2D eigenvalue weighted by atomic mass is 15.2. The number of imidazole rings is 1. The van der Waals surface area contributed by atoms with E-state index in [1.54, 1.807) is 0 Å². The fourth-order valence-corrected chi connectivity index (χ4v) is 5.30. The van der Waals surface area contributed by atoms with Crippen LogP contribution in [0.3, 0.4) is 0 Å². The summed E-state index contributed by atoms with van der Waals surface area (Å²) in [6, 6.07) is 2.40. The van der Waals surface area contributed by atoms with Gasteiger partial charge in [-0.05, 0) is 54.6 Å². The van der Waals surface area contributed by atoms with Gasteiger partial charge in [-0.15, -0.1) is 0 Å². The van der Waals surface area contributed by atoms with Crippen molar-refractivity contribution in [2.24, 2.45) is 16.7 Å². The topological polar surface area (TPSA) is 56.7 Å². The van der Waals surface area contributed by atoms with E-state index in [0.717, 1.165) is 22.6 Å². The molecule has 0 radical (unpaired) electrons. The second kappa shape index (κ2) is 3.79. The molecule has 2 aliphatic rings. The quantitative estimate of drug-likeness (QED) is 0.868. The van der Waals surface area contributed by atoms with Crippen LogP contribution < -0.4 is 5.73 Å². The minimum absolute atomic E-state index is 0.250. The molecular formula is C17H24N4. The number of aryl methyl sites for hydroxylation is 1. The van der Waals surface area contributed by atoms with Crippen LogP contribution in [0.5, 0.6) is 0 Å². The zero-order valence-electron chi connectivity index (χ0n) is 13.3. The minimum atomic E-state index is 0.250. The summed E-state index contributed by atoms with van der Waals surface area (Å²) < 4.78 is 2.24. The summed E-state index contributed by atoms with van der Waals surface area (Å²) >= 11 is 0. The molecular weight excluding hydrogens is 260 g/mol. The van der Waals surface area contributed by atoms with Crippen molar-refractivity contribution in [3.63, 3.8) is 0 Å². The average Bonchev–Trinajstić information content (AvgIpc) is 2.99. The molecule has 0 amide bonds. The molecule has 2 saturated carbocycles. The number of hydrogen-bond donors (Lipinski definition) is 1. The van der Waals surface area contributed by atoms with E-state index in [2.05, 4.69) is 42.2 Å². The smallest absolute Gasteiger partial charge is 0.202 e. The summed E-state index contributed by atoms with van der Waals surface area (Å²) in [6.07, 6.45) is 5.81. The van der Waals surface area contributed by atoms with Gasteiger partial charge in [-0.3, -0.25) is 4.57 Å². The molecule has 21 heavy (non-hydrogen) atoms. The van der Waals surface area contributed by atoms with Crippen LogP contribution in [0.4, 0.5) is 5.95 Å². The van der Waals surface area contributed by atoms with Crippen molar-refractivity contribution in [1.29, 1.82) is 0 Å². The number of pyridine rings is 1. The van der Waals surface area contributed by atoms with E-state index in [1.807, 2.05) is 12.3 Å². The van der Waals surface area contributed by atoms with Gasteiger partial charge in [0.1, 0.15) is 5.52 Å². The standard InChI is InChI=1S/C17H24N4/c1-10-6-8-19-13-12(10)20-15(18)21(13)14-16(2,3)11-5-7-17(14,4)9-11/h6,8,11,14H,5,7,9H2,1-4H3,(H2,18,20). The molecule has 112 valence electrons. The Hall–Kier alpha value is -1.58. The van der Waals surface area contributed by atoms with Gasteiger partial charge in [-0.1, -0.05) is 20.8 Å². The fraction of sp³-hybridized carbons (Fsp3) is 0.647. The maximum absolute atomic E-state index is 6.33. The summed E-state index contributed by atoms with van der Waals surface area (Å²) in [5.41, 5.74) is 9.96. The van der Waals surface area contributed by atoms with Crippen LogP contribution >= 0.6 is 0 Å². The molecule has 0 spiro atoms. The molecule has 2 N–H and O–H groups in total. The molecule has 0 aliphatic heterocycles. The molecule has 4 heteroatoms. The molecule has 2 bridgehead atoms. The summed E-state index contributed by atoms with van der Waals surface area (Å²) in [5, 5.41) is 0. The highest BCUT2D eigenvalue weighted by molar-refractivity contribution is 5.77. The molecule has 4 nitrogen and oxygen atoms in total. The van der Waals surface area contributed by atoms with Gasteiger partial charge in [0.2, 0.25) is 5.95 Å². The molecule has 3 atom stereocenters. The summed E-state index contributed by atoms with van der Waals surface area (Å²) in [5.74, 6) is 1.41. The van der Waals surface area contributed by atoms with E-state index in [0.29, 0.717) is 17.4 Å². The highest BCUT2D eigenvalue weighted by Gasteiger charge is 2.60. The van der Waals surface area contributed by atoms with Gasteiger partial charge in [0.15, 0.2) is 5.65 Å². The van der Waals surface area contributed by atoms with Gasteiger partial charge in [0.05, 0.1) is 0 Å². The number of anilines is 1. The summed E-state index contributed by atoms with van der Waals surface area (Å²) in [6.45, 7) is 9.30. The minimum Gasteiger partial charge on any atom is -0.369 e. The van der Waals surface area contributed by atoms with E-state index in [4.69, 9.17) is 5.73 Å². The molecule has 2 aromatic rings. The number of fused-ring (bicyclic) bond motifs is 3. The van der Waals surface area contributed by atoms with Crippen molar-refractivity contribution in [3.8, 4) is 0 Å². The van der Waals surface area contributed by atoms with Crippen molar-refractivity contribution in [1.82, 2.24) is 14.5 Å².